The minimum Gasteiger partial charge on any atom is -0.479 e. The van der Waals surface area contributed by atoms with Gasteiger partial charge >= 0.3 is 5.97 Å². The monoisotopic (exact) mass is 289 g/mol. The van der Waals surface area contributed by atoms with Gasteiger partial charge in [-0.25, -0.2) is 4.79 Å². The zero-order valence-electron chi connectivity index (χ0n) is 12.7. The summed E-state index contributed by atoms with van der Waals surface area (Å²) in [6.45, 7) is 3.92. The fourth-order valence-corrected chi connectivity index (χ4v) is 2.93. The lowest BCUT2D eigenvalue weighted by atomic mass is 9.99. The summed E-state index contributed by atoms with van der Waals surface area (Å²) in [4.78, 5) is 23.5. The number of amides is 1. The van der Waals surface area contributed by atoms with Gasteiger partial charge in [-0.2, -0.15) is 0 Å². The summed E-state index contributed by atoms with van der Waals surface area (Å²) >= 11 is 0. The van der Waals surface area contributed by atoms with Crippen molar-refractivity contribution in [1.29, 1.82) is 0 Å². The number of benzene rings is 1. The van der Waals surface area contributed by atoms with Crippen molar-refractivity contribution in [3.05, 3.63) is 34.9 Å². The second kappa shape index (κ2) is 6.74. The Hall–Kier alpha value is -1.84. The molecule has 4 heteroatoms. The molecule has 1 saturated carbocycles. The van der Waals surface area contributed by atoms with Crippen LogP contribution in [0.3, 0.4) is 0 Å². The van der Waals surface area contributed by atoms with Crippen LogP contribution in [-0.2, 0) is 9.59 Å². The topological polar surface area (TPSA) is 66.4 Å². The molecule has 0 saturated heterocycles. The molecule has 2 N–H and O–H groups in total. The molecule has 0 aromatic heterocycles. The van der Waals surface area contributed by atoms with Gasteiger partial charge in [0.2, 0.25) is 5.91 Å². The molecule has 2 rings (SSSR count). The van der Waals surface area contributed by atoms with Crippen LogP contribution >= 0.6 is 0 Å². The third-order valence-electron chi connectivity index (χ3n) is 4.37. The van der Waals surface area contributed by atoms with E-state index in [-0.39, 0.29) is 5.91 Å². The highest BCUT2D eigenvalue weighted by Crippen LogP contribution is 2.27. The first-order valence-electron chi connectivity index (χ1n) is 7.56. The molecule has 1 aromatic rings. The predicted octanol–water partition coefficient (Wildman–Crippen LogP) is 3.13. The summed E-state index contributed by atoms with van der Waals surface area (Å²) in [6, 6.07) is 4.54. The Balaban J connectivity index is 2.06. The van der Waals surface area contributed by atoms with Gasteiger partial charge in [-0.1, -0.05) is 31.0 Å². The molecule has 0 spiro atoms. The van der Waals surface area contributed by atoms with E-state index >= 15 is 0 Å². The number of hydrogen-bond acceptors (Lipinski definition) is 2. The Kier molecular flexibility index (Phi) is 4.99. The van der Waals surface area contributed by atoms with Crippen LogP contribution in [-0.4, -0.2) is 17.0 Å². The molecular weight excluding hydrogens is 266 g/mol. The Morgan fingerprint density at radius 3 is 2.48 bits per heavy atom. The Morgan fingerprint density at radius 1 is 1.24 bits per heavy atom. The van der Waals surface area contributed by atoms with Crippen molar-refractivity contribution >= 4 is 11.9 Å². The first-order valence-corrected chi connectivity index (χ1v) is 7.56. The highest BCUT2D eigenvalue weighted by molar-refractivity contribution is 5.84. The highest BCUT2D eigenvalue weighted by Gasteiger charge is 2.25. The Morgan fingerprint density at radius 2 is 1.90 bits per heavy atom. The zero-order valence-corrected chi connectivity index (χ0v) is 12.7. The van der Waals surface area contributed by atoms with E-state index in [1.807, 2.05) is 26.0 Å². The van der Waals surface area contributed by atoms with Crippen LogP contribution in [0.2, 0.25) is 0 Å². The molecule has 0 aliphatic heterocycles. The van der Waals surface area contributed by atoms with E-state index in [0.29, 0.717) is 17.9 Å². The fraction of sp³-hybridized carbons (Fsp3) is 0.529. The van der Waals surface area contributed by atoms with Gasteiger partial charge in [0.25, 0.3) is 0 Å². The number of carbonyl (C=O) groups is 2. The molecule has 1 aliphatic carbocycles. The summed E-state index contributed by atoms with van der Waals surface area (Å²) in [5.74, 6) is -0.759. The van der Waals surface area contributed by atoms with E-state index in [0.717, 1.165) is 24.0 Å². The maximum Gasteiger partial charge on any atom is 0.330 e. The minimum atomic E-state index is -1.02. The Bertz CT molecular complexity index is 533. The van der Waals surface area contributed by atoms with Crippen molar-refractivity contribution in [1.82, 2.24) is 5.32 Å². The van der Waals surface area contributed by atoms with Crippen molar-refractivity contribution in [2.75, 3.05) is 0 Å². The largest absolute Gasteiger partial charge is 0.479 e. The van der Waals surface area contributed by atoms with Gasteiger partial charge in [-0.05, 0) is 49.3 Å². The van der Waals surface area contributed by atoms with E-state index in [1.165, 1.54) is 12.8 Å². The van der Waals surface area contributed by atoms with E-state index in [4.69, 9.17) is 0 Å². The first kappa shape index (κ1) is 15.5. The van der Waals surface area contributed by atoms with Gasteiger partial charge in [0.05, 0.1) is 0 Å². The standard InChI is InChI=1S/C17H23NO3/c1-11-7-8-14(9-12(11)2)16(17(20)21)18-15(19)10-13-5-3-4-6-13/h7-9,13,16H,3-6,10H2,1-2H3,(H,18,19)(H,20,21). The SMILES string of the molecule is Cc1ccc(C(NC(=O)CC2CCCC2)C(=O)O)cc1C. The van der Waals surface area contributed by atoms with Crippen LogP contribution < -0.4 is 5.32 Å². The van der Waals surface area contributed by atoms with Gasteiger partial charge in [0, 0.05) is 6.42 Å². The van der Waals surface area contributed by atoms with Crippen molar-refractivity contribution in [2.45, 2.75) is 52.0 Å². The van der Waals surface area contributed by atoms with E-state index in [2.05, 4.69) is 5.32 Å². The molecule has 1 atom stereocenters. The third-order valence-corrected chi connectivity index (χ3v) is 4.37. The van der Waals surface area contributed by atoms with Crippen LogP contribution in [0.4, 0.5) is 0 Å². The van der Waals surface area contributed by atoms with Crippen LogP contribution in [0.25, 0.3) is 0 Å². The zero-order chi connectivity index (χ0) is 15.4. The summed E-state index contributed by atoms with van der Waals surface area (Å²) in [5.41, 5.74) is 2.77. The second-order valence-electron chi connectivity index (χ2n) is 6.04. The predicted molar refractivity (Wildman–Crippen MR) is 81.0 cm³/mol. The van der Waals surface area contributed by atoms with Crippen molar-refractivity contribution in [2.24, 2.45) is 5.92 Å². The van der Waals surface area contributed by atoms with Crippen molar-refractivity contribution in [3.8, 4) is 0 Å². The molecular formula is C17H23NO3. The number of nitrogens with one attached hydrogen (secondary N) is 1. The maximum absolute atomic E-state index is 12.1. The molecule has 0 radical (unpaired) electrons. The Labute approximate surface area is 125 Å². The van der Waals surface area contributed by atoms with E-state index in [1.54, 1.807) is 6.07 Å². The molecule has 0 bridgehead atoms. The van der Waals surface area contributed by atoms with Gasteiger partial charge in [0.15, 0.2) is 6.04 Å². The highest BCUT2D eigenvalue weighted by atomic mass is 16.4. The van der Waals surface area contributed by atoms with Gasteiger partial charge in [0.1, 0.15) is 0 Å². The number of aliphatic carboxylic acids is 1. The van der Waals surface area contributed by atoms with Gasteiger partial charge in [-0.3, -0.25) is 4.79 Å². The molecule has 21 heavy (non-hydrogen) atoms. The number of carboxylic acid groups (broad SMARTS) is 1. The summed E-state index contributed by atoms with van der Waals surface area (Å²) in [5, 5.41) is 12.0. The molecule has 0 heterocycles. The fourth-order valence-electron chi connectivity index (χ4n) is 2.93. The van der Waals surface area contributed by atoms with Crippen LogP contribution in [0.15, 0.2) is 18.2 Å². The smallest absolute Gasteiger partial charge is 0.330 e. The number of rotatable bonds is 5. The summed E-state index contributed by atoms with van der Waals surface area (Å²) < 4.78 is 0. The normalized spacial score (nSPS) is 16.7. The molecule has 1 aliphatic rings. The van der Waals surface area contributed by atoms with Crippen molar-refractivity contribution < 1.29 is 14.7 Å². The second-order valence-corrected chi connectivity index (χ2v) is 6.04. The average Bonchev–Trinajstić information content (AvgIpc) is 2.92. The lowest BCUT2D eigenvalue weighted by Gasteiger charge is -2.17. The quantitative estimate of drug-likeness (QED) is 0.875. The van der Waals surface area contributed by atoms with E-state index in [9.17, 15) is 14.7 Å². The number of hydrogen-bond donors (Lipinski definition) is 2. The number of aryl methyl sites for hydroxylation is 2. The number of carboxylic acids is 1. The lowest BCUT2D eigenvalue weighted by Crippen LogP contribution is -2.34. The number of carbonyl (C=O) groups excluding carboxylic acids is 1. The average molecular weight is 289 g/mol. The van der Waals surface area contributed by atoms with Crippen LogP contribution in [0.1, 0.15) is 54.8 Å². The van der Waals surface area contributed by atoms with Crippen molar-refractivity contribution in [3.63, 3.8) is 0 Å². The molecule has 1 aromatic carbocycles. The van der Waals surface area contributed by atoms with Crippen LogP contribution in [0.5, 0.6) is 0 Å². The lowest BCUT2D eigenvalue weighted by molar-refractivity contribution is -0.142. The molecule has 4 nitrogen and oxygen atoms in total. The first-order chi connectivity index (χ1) is 9.97. The molecule has 1 unspecified atom stereocenters. The molecule has 1 amide bonds. The van der Waals surface area contributed by atoms with Gasteiger partial charge < -0.3 is 10.4 Å². The summed E-state index contributed by atoms with van der Waals surface area (Å²) in [7, 11) is 0. The maximum atomic E-state index is 12.1. The minimum absolute atomic E-state index is 0.160. The molecule has 114 valence electrons. The van der Waals surface area contributed by atoms with E-state index < -0.39 is 12.0 Å². The third kappa shape index (κ3) is 4.06. The van der Waals surface area contributed by atoms with Crippen LogP contribution in [0, 0.1) is 19.8 Å². The summed E-state index contributed by atoms with van der Waals surface area (Å²) in [6.07, 6.45) is 4.95. The molecule has 1 fully saturated rings. The van der Waals surface area contributed by atoms with Gasteiger partial charge in [-0.15, -0.1) is 0 Å².